The summed E-state index contributed by atoms with van der Waals surface area (Å²) in [5.41, 5.74) is 1.95. The fourth-order valence-electron chi connectivity index (χ4n) is 7.04. The Bertz CT molecular complexity index is 1070. The standard InChI is InChI=1S/C27H36N6OS/c1-17(15-34)32-24-20-7-18-8-21(24)11-27(9-18,10-20)16-31-25-22(12-28)14-30-26(33-25)29-13-19-5-3-4-6-23(19)35-2/h3-6,14,17-18,20-21,24,32,34H,7-11,13,15-16H2,1-2H3,(H2,29,30,31,33)/t17?,18?,20-,21+,24?,27?. The van der Waals surface area contributed by atoms with Crippen LogP contribution in [0.15, 0.2) is 35.4 Å². The molecule has 186 valence electrons. The second kappa shape index (κ2) is 10.3. The molecule has 4 unspecified atom stereocenters. The van der Waals surface area contributed by atoms with Crippen molar-refractivity contribution in [3.05, 3.63) is 41.6 Å². The van der Waals surface area contributed by atoms with Crippen molar-refractivity contribution in [3.8, 4) is 6.07 Å². The van der Waals surface area contributed by atoms with E-state index in [0.29, 0.717) is 41.8 Å². The largest absolute Gasteiger partial charge is 0.395 e. The highest BCUT2D eigenvalue weighted by Gasteiger charge is 2.55. The van der Waals surface area contributed by atoms with E-state index in [1.807, 2.05) is 12.1 Å². The molecule has 0 radical (unpaired) electrons. The molecule has 4 aliphatic rings. The van der Waals surface area contributed by atoms with Crippen molar-refractivity contribution < 1.29 is 5.11 Å². The van der Waals surface area contributed by atoms with Crippen LogP contribution in [0.25, 0.3) is 0 Å². The lowest BCUT2D eigenvalue weighted by molar-refractivity contribution is -0.0727. The second-order valence-electron chi connectivity index (χ2n) is 10.8. The summed E-state index contributed by atoms with van der Waals surface area (Å²) in [7, 11) is 0. The van der Waals surface area contributed by atoms with Gasteiger partial charge in [-0.1, -0.05) is 18.2 Å². The van der Waals surface area contributed by atoms with Crippen LogP contribution in [0.1, 0.15) is 50.2 Å². The van der Waals surface area contributed by atoms with Gasteiger partial charge < -0.3 is 21.1 Å². The quantitative estimate of drug-likeness (QED) is 0.365. The number of anilines is 2. The van der Waals surface area contributed by atoms with Crippen LogP contribution in [0.5, 0.6) is 0 Å². The molecule has 0 spiro atoms. The van der Waals surface area contributed by atoms with Gasteiger partial charge in [-0.3, -0.25) is 0 Å². The Hall–Kier alpha value is -2.34. The Morgan fingerprint density at radius 1 is 1.20 bits per heavy atom. The molecule has 8 heteroatoms. The van der Waals surface area contributed by atoms with Crippen LogP contribution in [0.2, 0.25) is 0 Å². The van der Waals surface area contributed by atoms with Crippen LogP contribution in [-0.4, -0.2) is 46.6 Å². The normalized spacial score (nSPS) is 29.5. The molecule has 4 saturated carbocycles. The second-order valence-corrected chi connectivity index (χ2v) is 11.7. The van der Waals surface area contributed by atoms with Crippen LogP contribution in [0, 0.1) is 34.5 Å². The first-order valence-electron chi connectivity index (χ1n) is 12.8. The fourth-order valence-corrected chi connectivity index (χ4v) is 7.66. The molecule has 4 bridgehead atoms. The highest BCUT2D eigenvalue weighted by Crippen LogP contribution is 2.60. The van der Waals surface area contributed by atoms with Gasteiger partial charge in [0.25, 0.3) is 0 Å². The van der Waals surface area contributed by atoms with Crippen LogP contribution in [-0.2, 0) is 6.54 Å². The van der Waals surface area contributed by atoms with E-state index >= 15 is 0 Å². The molecule has 35 heavy (non-hydrogen) atoms. The number of hydrogen-bond donors (Lipinski definition) is 4. The molecule has 1 aromatic heterocycles. The number of nitrogens with one attached hydrogen (secondary N) is 3. The molecule has 1 heterocycles. The molecule has 0 saturated heterocycles. The number of rotatable bonds is 10. The van der Waals surface area contributed by atoms with Gasteiger partial charge in [-0.15, -0.1) is 11.8 Å². The summed E-state index contributed by atoms with van der Waals surface area (Å²) in [5.74, 6) is 3.31. The van der Waals surface area contributed by atoms with Gasteiger partial charge in [0, 0.05) is 30.1 Å². The van der Waals surface area contributed by atoms with Gasteiger partial charge in [0.2, 0.25) is 5.95 Å². The summed E-state index contributed by atoms with van der Waals surface area (Å²) in [4.78, 5) is 10.3. The van der Waals surface area contributed by atoms with Crippen molar-refractivity contribution in [3.63, 3.8) is 0 Å². The van der Waals surface area contributed by atoms with Crippen LogP contribution in [0.3, 0.4) is 0 Å². The lowest BCUT2D eigenvalue weighted by Crippen LogP contribution is -2.61. The minimum atomic E-state index is 0.152. The Labute approximate surface area is 212 Å². The van der Waals surface area contributed by atoms with Crippen molar-refractivity contribution >= 4 is 23.5 Å². The van der Waals surface area contributed by atoms with E-state index in [1.165, 1.54) is 42.6 Å². The van der Waals surface area contributed by atoms with E-state index in [0.717, 1.165) is 12.5 Å². The Morgan fingerprint density at radius 3 is 2.69 bits per heavy atom. The van der Waals surface area contributed by atoms with Gasteiger partial charge in [0.05, 0.1) is 12.8 Å². The molecular formula is C27H36N6OS. The SMILES string of the molecule is CSc1ccccc1CNc1ncc(C#N)c(NCC23CC4C[C@H](C2)C(NC(C)CO)[C@@H](C4)C3)n1. The number of hydrogen-bond acceptors (Lipinski definition) is 8. The van der Waals surface area contributed by atoms with Crippen LogP contribution >= 0.6 is 11.8 Å². The van der Waals surface area contributed by atoms with Gasteiger partial charge in [-0.05, 0) is 80.1 Å². The predicted molar refractivity (Wildman–Crippen MR) is 140 cm³/mol. The fraction of sp³-hybridized carbons (Fsp3) is 0.593. The number of aromatic nitrogens is 2. The summed E-state index contributed by atoms with van der Waals surface area (Å²) < 4.78 is 0. The third-order valence-corrected chi connectivity index (χ3v) is 9.16. The molecular weight excluding hydrogens is 456 g/mol. The Balaban J connectivity index is 1.26. The first-order chi connectivity index (χ1) is 17.0. The highest BCUT2D eigenvalue weighted by molar-refractivity contribution is 7.98. The molecule has 7 nitrogen and oxygen atoms in total. The number of nitriles is 1. The van der Waals surface area contributed by atoms with Crippen molar-refractivity contribution in [1.82, 2.24) is 15.3 Å². The summed E-state index contributed by atoms with van der Waals surface area (Å²) in [5, 5.41) is 29.8. The van der Waals surface area contributed by atoms with E-state index in [9.17, 15) is 10.4 Å². The molecule has 4 fully saturated rings. The van der Waals surface area contributed by atoms with E-state index in [4.69, 9.17) is 4.98 Å². The average molecular weight is 493 g/mol. The van der Waals surface area contributed by atoms with E-state index in [1.54, 1.807) is 18.0 Å². The zero-order chi connectivity index (χ0) is 24.4. The molecule has 0 amide bonds. The zero-order valence-corrected chi connectivity index (χ0v) is 21.4. The number of aliphatic hydroxyl groups excluding tert-OH is 1. The number of benzene rings is 1. The van der Waals surface area contributed by atoms with E-state index in [-0.39, 0.29) is 18.1 Å². The van der Waals surface area contributed by atoms with Gasteiger partial charge >= 0.3 is 0 Å². The van der Waals surface area contributed by atoms with Crippen LogP contribution < -0.4 is 16.0 Å². The van der Waals surface area contributed by atoms with Crippen molar-refractivity contribution in [2.75, 3.05) is 30.0 Å². The van der Waals surface area contributed by atoms with E-state index in [2.05, 4.69) is 52.3 Å². The monoisotopic (exact) mass is 492 g/mol. The van der Waals surface area contributed by atoms with Gasteiger partial charge in [0.15, 0.2) is 0 Å². The maximum atomic E-state index is 9.67. The molecule has 0 aliphatic heterocycles. The maximum Gasteiger partial charge on any atom is 0.224 e. The maximum absolute atomic E-state index is 9.67. The first-order valence-corrected chi connectivity index (χ1v) is 14.0. The molecule has 1 aromatic carbocycles. The molecule has 4 N–H and O–H groups in total. The van der Waals surface area contributed by atoms with Crippen molar-refractivity contribution in [2.24, 2.45) is 23.2 Å². The molecule has 4 aliphatic carbocycles. The smallest absolute Gasteiger partial charge is 0.224 e. The predicted octanol–water partition coefficient (Wildman–Crippen LogP) is 4.26. The molecule has 6 atom stereocenters. The average Bonchev–Trinajstić information content (AvgIpc) is 2.88. The number of aliphatic hydroxyl groups is 1. The lowest BCUT2D eigenvalue weighted by Gasteiger charge is -2.60. The summed E-state index contributed by atoms with van der Waals surface area (Å²) in [6, 6.07) is 11.2. The first kappa shape index (κ1) is 24.4. The Kier molecular flexibility index (Phi) is 7.19. The zero-order valence-electron chi connectivity index (χ0n) is 20.6. The van der Waals surface area contributed by atoms with Crippen LogP contribution in [0.4, 0.5) is 11.8 Å². The number of nitrogens with zero attached hydrogens (tertiary/aromatic N) is 3. The minimum Gasteiger partial charge on any atom is -0.395 e. The summed E-state index contributed by atoms with van der Waals surface area (Å²) in [6.07, 6.45) is 9.97. The summed E-state index contributed by atoms with van der Waals surface area (Å²) in [6.45, 7) is 3.75. The summed E-state index contributed by atoms with van der Waals surface area (Å²) >= 11 is 1.73. The third kappa shape index (κ3) is 5.13. The Morgan fingerprint density at radius 2 is 1.97 bits per heavy atom. The lowest BCUT2D eigenvalue weighted by atomic mass is 9.48. The van der Waals surface area contributed by atoms with Crippen molar-refractivity contribution in [1.29, 1.82) is 5.26 Å². The van der Waals surface area contributed by atoms with Crippen molar-refractivity contribution in [2.45, 2.75) is 62.6 Å². The van der Waals surface area contributed by atoms with Gasteiger partial charge in [0.1, 0.15) is 17.5 Å². The topological polar surface area (TPSA) is 106 Å². The molecule has 6 rings (SSSR count). The van der Waals surface area contributed by atoms with Gasteiger partial charge in [-0.25, -0.2) is 4.98 Å². The number of thioether (sulfide) groups is 1. The molecule has 2 aromatic rings. The third-order valence-electron chi connectivity index (χ3n) is 8.32. The highest BCUT2D eigenvalue weighted by atomic mass is 32.2. The van der Waals surface area contributed by atoms with E-state index < -0.39 is 0 Å². The minimum absolute atomic E-state index is 0.152. The van der Waals surface area contributed by atoms with Gasteiger partial charge in [-0.2, -0.15) is 10.2 Å².